The van der Waals surface area contributed by atoms with E-state index in [0.717, 1.165) is 38.2 Å². The van der Waals surface area contributed by atoms with Gasteiger partial charge in [0.25, 0.3) is 0 Å². The van der Waals surface area contributed by atoms with E-state index in [1.165, 1.54) is 12.1 Å². The Morgan fingerprint density at radius 3 is 2.82 bits per heavy atom. The van der Waals surface area contributed by atoms with E-state index in [0.29, 0.717) is 5.56 Å². The second kappa shape index (κ2) is 8.39. The number of aromatic hydroxyl groups is 1. The highest BCUT2D eigenvalue weighted by Crippen LogP contribution is 2.17. The van der Waals surface area contributed by atoms with Gasteiger partial charge in [-0.05, 0) is 36.8 Å². The Morgan fingerprint density at radius 2 is 2.18 bits per heavy atom. The molecule has 0 unspecified atom stereocenters. The lowest BCUT2D eigenvalue weighted by Crippen LogP contribution is -2.45. The zero-order chi connectivity index (χ0) is 15.9. The van der Waals surface area contributed by atoms with Gasteiger partial charge in [-0.25, -0.2) is 4.39 Å². The molecule has 122 valence electrons. The molecule has 1 heterocycles. The van der Waals surface area contributed by atoms with E-state index in [1.807, 2.05) is 11.8 Å². The largest absolute Gasteiger partial charge is 0.505 e. The Hall–Kier alpha value is -1.27. The lowest BCUT2D eigenvalue weighted by Gasteiger charge is -2.32. The Bertz CT molecular complexity index is 505. The zero-order valence-corrected chi connectivity index (χ0v) is 13.7. The molecule has 1 amide bonds. The van der Waals surface area contributed by atoms with Crippen molar-refractivity contribution >= 4 is 17.7 Å². The highest BCUT2D eigenvalue weighted by atomic mass is 32.2. The van der Waals surface area contributed by atoms with Crippen LogP contribution in [0.5, 0.6) is 5.75 Å². The zero-order valence-electron chi connectivity index (χ0n) is 12.8. The number of piperidine rings is 1. The highest BCUT2D eigenvalue weighted by Gasteiger charge is 2.20. The van der Waals surface area contributed by atoms with Crippen LogP contribution in [-0.2, 0) is 11.2 Å². The Morgan fingerprint density at radius 1 is 1.45 bits per heavy atom. The number of nitrogens with one attached hydrogen (secondary N) is 1. The fourth-order valence-electron chi connectivity index (χ4n) is 2.65. The minimum absolute atomic E-state index is 0.0901. The van der Waals surface area contributed by atoms with Crippen LogP contribution >= 0.6 is 11.8 Å². The van der Waals surface area contributed by atoms with Crippen LogP contribution < -0.4 is 5.32 Å². The molecule has 1 aliphatic rings. The third kappa shape index (κ3) is 5.18. The number of carbonyl (C=O) groups excluding carboxylic acids is 1. The molecular weight excluding hydrogens is 303 g/mol. The molecule has 0 spiro atoms. The Kier molecular flexibility index (Phi) is 6.51. The van der Waals surface area contributed by atoms with Crippen LogP contribution in [0.15, 0.2) is 18.2 Å². The van der Waals surface area contributed by atoms with Crippen molar-refractivity contribution in [1.82, 2.24) is 10.2 Å². The molecule has 4 nitrogen and oxygen atoms in total. The average Bonchev–Trinajstić information content (AvgIpc) is 2.50. The van der Waals surface area contributed by atoms with Gasteiger partial charge in [0, 0.05) is 31.4 Å². The summed E-state index contributed by atoms with van der Waals surface area (Å²) in [6.45, 7) is 3.13. The van der Waals surface area contributed by atoms with Crippen LogP contribution in [0.2, 0.25) is 0 Å². The van der Waals surface area contributed by atoms with Crippen molar-refractivity contribution < 1.29 is 14.3 Å². The Balaban J connectivity index is 1.75. The molecule has 1 saturated heterocycles. The van der Waals surface area contributed by atoms with E-state index in [9.17, 15) is 9.18 Å². The molecule has 1 aromatic rings. The maximum absolute atomic E-state index is 13.2. The first kappa shape index (κ1) is 17.1. The second-order valence-corrected chi connectivity index (χ2v) is 6.62. The minimum atomic E-state index is -0.688. The Labute approximate surface area is 135 Å². The van der Waals surface area contributed by atoms with Crippen molar-refractivity contribution in [2.75, 3.05) is 31.6 Å². The van der Waals surface area contributed by atoms with Gasteiger partial charge in [-0.2, -0.15) is 11.8 Å². The van der Waals surface area contributed by atoms with Gasteiger partial charge in [0.1, 0.15) is 0 Å². The van der Waals surface area contributed by atoms with E-state index in [4.69, 9.17) is 5.11 Å². The van der Waals surface area contributed by atoms with Gasteiger partial charge in [-0.1, -0.05) is 6.07 Å². The number of benzene rings is 1. The summed E-state index contributed by atoms with van der Waals surface area (Å²) in [6.07, 6.45) is 4.18. The lowest BCUT2D eigenvalue weighted by molar-refractivity contribution is -0.121. The van der Waals surface area contributed by atoms with Crippen LogP contribution in [0.25, 0.3) is 0 Å². The number of phenols is 1. The van der Waals surface area contributed by atoms with Gasteiger partial charge >= 0.3 is 0 Å². The van der Waals surface area contributed by atoms with Crippen molar-refractivity contribution in [3.63, 3.8) is 0 Å². The fourth-order valence-corrected chi connectivity index (χ4v) is 3.09. The molecule has 0 radical (unpaired) electrons. The molecule has 1 aliphatic heterocycles. The molecule has 0 saturated carbocycles. The molecule has 0 aliphatic carbocycles. The molecule has 22 heavy (non-hydrogen) atoms. The number of nitrogens with zero attached hydrogens (tertiary/aromatic N) is 1. The van der Waals surface area contributed by atoms with Crippen LogP contribution in [0, 0.1) is 5.82 Å². The van der Waals surface area contributed by atoms with E-state index in [1.54, 1.807) is 6.07 Å². The number of halogens is 1. The van der Waals surface area contributed by atoms with Crippen molar-refractivity contribution in [2.24, 2.45) is 0 Å². The molecule has 0 atom stereocenters. The van der Waals surface area contributed by atoms with Crippen molar-refractivity contribution in [3.05, 3.63) is 29.6 Å². The summed E-state index contributed by atoms with van der Waals surface area (Å²) in [4.78, 5) is 14.4. The number of thioether (sulfide) groups is 1. The van der Waals surface area contributed by atoms with Crippen molar-refractivity contribution in [2.45, 2.75) is 25.3 Å². The summed E-state index contributed by atoms with van der Waals surface area (Å²) in [5.74, 6) is -0.0227. The average molecular weight is 326 g/mol. The van der Waals surface area contributed by atoms with E-state index >= 15 is 0 Å². The number of hydrogen-bond acceptors (Lipinski definition) is 4. The molecule has 1 aromatic carbocycles. The van der Waals surface area contributed by atoms with E-state index < -0.39 is 5.82 Å². The predicted octanol–water partition coefficient (Wildman–Crippen LogP) is 2.02. The summed E-state index contributed by atoms with van der Waals surface area (Å²) in [6, 6.07) is 4.27. The van der Waals surface area contributed by atoms with Crippen LogP contribution in [-0.4, -0.2) is 53.6 Å². The standard InChI is InChI=1S/C16H23FN2O2S/c1-22-9-8-19-6-4-13(5-7-19)18-16(21)11-12-2-3-15(20)14(17)10-12/h2-3,10,13,20H,4-9,11H2,1H3,(H,18,21). The highest BCUT2D eigenvalue weighted by molar-refractivity contribution is 7.98. The number of phenolic OH excluding ortho intramolecular Hbond substituents is 1. The minimum Gasteiger partial charge on any atom is -0.505 e. The van der Waals surface area contributed by atoms with Gasteiger partial charge in [-0.3, -0.25) is 4.79 Å². The molecule has 0 bridgehead atoms. The van der Waals surface area contributed by atoms with Crippen molar-refractivity contribution in [1.29, 1.82) is 0 Å². The van der Waals surface area contributed by atoms with Crippen LogP contribution in [0.4, 0.5) is 4.39 Å². The second-order valence-electron chi connectivity index (χ2n) is 5.64. The third-order valence-electron chi connectivity index (χ3n) is 3.94. The first-order valence-corrected chi connectivity index (χ1v) is 8.96. The maximum atomic E-state index is 13.2. The molecule has 2 rings (SSSR count). The van der Waals surface area contributed by atoms with Crippen molar-refractivity contribution in [3.8, 4) is 5.75 Å². The normalized spacial score (nSPS) is 16.6. The van der Waals surface area contributed by atoms with Gasteiger partial charge in [-0.15, -0.1) is 0 Å². The summed E-state index contributed by atoms with van der Waals surface area (Å²) in [7, 11) is 0. The molecule has 1 fully saturated rings. The molecule has 6 heteroatoms. The first-order valence-electron chi connectivity index (χ1n) is 7.56. The number of carbonyl (C=O) groups is 1. The van der Waals surface area contributed by atoms with Crippen LogP contribution in [0.1, 0.15) is 18.4 Å². The number of hydrogen-bond donors (Lipinski definition) is 2. The summed E-state index contributed by atoms with van der Waals surface area (Å²) < 4.78 is 13.2. The fraction of sp³-hybridized carbons (Fsp3) is 0.562. The maximum Gasteiger partial charge on any atom is 0.224 e. The predicted molar refractivity (Wildman–Crippen MR) is 87.8 cm³/mol. The van der Waals surface area contributed by atoms with E-state index in [2.05, 4.69) is 16.5 Å². The quantitative estimate of drug-likeness (QED) is 0.840. The van der Waals surface area contributed by atoms with Gasteiger partial charge in [0.05, 0.1) is 6.42 Å². The number of likely N-dealkylation sites (tertiary alicyclic amines) is 1. The molecule has 0 aromatic heterocycles. The monoisotopic (exact) mass is 326 g/mol. The first-order chi connectivity index (χ1) is 10.6. The van der Waals surface area contributed by atoms with Gasteiger partial charge in [0.15, 0.2) is 11.6 Å². The summed E-state index contributed by atoms with van der Waals surface area (Å²) in [5, 5.41) is 12.2. The van der Waals surface area contributed by atoms with Crippen LogP contribution in [0.3, 0.4) is 0 Å². The summed E-state index contributed by atoms with van der Waals surface area (Å²) >= 11 is 1.85. The summed E-state index contributed by atoms with van der Waals surface area (Å²) in [5.41, 5.74) is 0.574. The molecule has 2 N–H and O–H groups in total. The molecular formula is C16H23FN2O2S. The smallest absolute Gasteiger partial charge is 0.224 e. The van der Waals surface area contributed by atoms with Gasteiger partial charge < -0.3 is 15.3 Å². The SMILES string of the molecule is CSCCN1CCC(NC(=O)Cc2ccc(O)c(F)c2)CC1. The topological polar surface area (TPSA) is 52.6 Å². The number of rotatable bonds is 6. The van der Waals surface area contributed by atoms with Gasteiger partial charge in [0.2, 0.25) is 5.91 Å². The number of amides is 1. The third-order valence-corrected chi connectivity index (χ3v) is 4.53. The van der Waals surface area contributed by atoms with E-state index in [-0.39, 0.29) is 24.1 Å². The lowest BCUT2D eigenvalue weighted by atomic mass is 10.0.